The van der Waals surface area contributed by atoms with Gasteiger partial charge in [0.2, 0.25) is 0 Å². The molecular weight excluding hydrogens is 320 g/mol. The molecule has 0 unspecified atom stereocenters. The molecule has 0 aromatic heterocycles. The minimum atomic E-state index is -1.28. The quantitative estimate of drug-likeness (QED) is 0.612. The molecule has 6 heteroatoms. The molecule has 2 aromatic carbocycles. The minimum absolute atomic E-state index is 0.282. The average molecular weight is 339 g/mol. The highest BCUT2D eigenvalue weighted by Gasteiger charge is 2.05. The van der Waals surface area contributed by atoms with Gasteiger partial charge in [-0.25, -0.2) is 5.43 Å². The highest BCUT2D eigenvalue weighted by molar-refractivity contribution is 6.00. The van der Waals surface area contributed by atoms with Crippen LogP contribution in [0.1, 0.15) is 35.3 Å². The number of ether oxygens (including phenoxy) is 1. The zero-order valence-electron chi connectivity index (χ0n) is 14.1. The van der Waals surface area contributed by atoms with Crippen molar-refractivity contribution in [3.05, 3.63) is 65.2 Å². The summed E-state index contributed by atoms with van der Waals surface area (Å²) in [4.78, 5) is 22.4. The summed E-state index contributed by atoms with van der Waals surface area (Å²) in [5, 5.41) is 14.4. The second kappa shape index (κ2) is 8.63. The molecule has 0 aliphatic heterocycles. The largest absolute Gasteiger partial charge is 0.546 e. The normalized spacial score (nSPS) is 11.0. The van der Waals surface area contributed by atoms with E-state index in [4.69, 9.17) is 4.74 Å². The van der Waals surface area contributed by atoms with Gasteiger partial charge in [-0.1, -0.05) is 19.1 Å². The number of aryl methyl sites for hydroxylation is 1. The number of carbonyl (C=O) groups excluding carboxylic acids is 2. The van der Waals surface area contributed by atoms with Crippen LogP contribution < -0.4 is 15.3 Å². The first kappa shape index (κ1) is 18.2. The van der Waals surface area contributed by atoms with Gasteiger partial charge >= 0.3 is 0 Å². The molecule has 0 radical (unpaired) electrons. The molecular formula is C19H19N2O4-. The van der Waals surface area contributed by atoms with Crippen LogP contribution in [0.25, 0.3) is 0 Å². The van der Waals surface area contributed by atoms with Crippen LogP contribution in [0.4, 0.5) is 0 Å². The second-order valence-corrected chi connectivity index (χ2v) is 5.37. The summed E-state index contributed by atoms with van der Waals surface area (Å²) in [6, 6.07) is 14.1. The molecule has 0 aliphatic carbocycles. The number of hydrazone groups is 1. The van der Waals surface area contributed by atoms with Crippen molar-refractivity contribution in [2.75, 3.05) is 6.61 Å². The van der Waals surface area contributed by atoms with Crippen LogP contribution in [0.3, 0.4) is 0 Å². The lowest BCUT2D eigenvalue weighted by Gasteiger charge is -2.08. The van der Waals surface area contributed by atoms with Gasteiger partial charge in [0.1, 0.15) is 12.4 Å². The Kier molecular flexibility index (Phi) is 6.28. The Hall–Kier alpha value is -3.15. The monoisotopic (exact) mass is 339 g/mol. The van der Waals surface area contributed by atoms with Crippen molar-refractivity contribution in [3.8, 4) is 5.75 Å². The van der Waals surface area contributed by atoms with Gasteiger partial charge in [0.25, 0.3) is 5.91 Å². The zero-order chi connectivity index (χ0) is 18.2. The van der Waals surface area contributed by atoms with Gasteiger partial charge in [0.15, 0.2) is 0 Å². The van der Waals surface area contributed by atoms with Gasteiger partial charge in [-0.05, 0) is 60.9 Å². The van der Waals surface area contributed by atoms with E-state index in [1.54, 1.807) is 43.3 Å². The van der Waals surface area contributed by atoms with Gasteiger partial charge in [-0.15, -0.1) is 0 Å². The van der Waals surface area contributed by atoms with Crippen LogP contribution in [0.5, 0.6) is 5.75 Å². The number of aliphatic carboxylic acids is 1. The standard InChI is InChI=1S/C19H20N2O4/c1-3-14-4-6-16(7-5-14)19(24)21-20-13(2)15-8-10-17(11-9-15)25-12-18(22)23/h4-11H,3,12H2,1-2H3,(H,21,24)(H,22,23)/p-1/b20-13-. The van der Waals surface area contributed by atoms with Gasteiger partial charge in [0, 0.05) is 5.56 Å². The van der Waals surface area contributed by atoms with Crippen LogP contribution in [-0.2, 0) is 11.2 Å². The molecule has 1 amide bonds. The van der Waals surface area contributed by atoms with Crippen molar-refractivity contribution >= 4 is 17.6 Å². The van der Waals surface area contributed by atoms with E-state index in [0.717, 1.165) is 17.5 Å². The number of nitrogens with one attached hydrogen (secondary N) is 1. The maximum atomic E-state index is 12.1. The van der Waals surface area contributed by atoms with Crippen LogP contribution in [0, 0.1) is 0 Å². The number of hydrogen-bond donors (Lipinski definition) is 1. The maximum absolute atomic E-state index is 12.1. The van der Waals surface area contributed by atoms with Gasteiger partial charge in [-0.2, -0.15) is 5.10 Å². The minimum Gasteiger partial charge on any atom is -0.546 e. The Morgan fingerprint density at radius 1 is 1.04 bits per heavy atom. The Balaban J connectivity index is 1.97. The topological polar surface area (TPSA) is 90.8 Å². The SMILES string of the molecule is CCc1ccc(C(=O)N/N=C(/C)c2ccc(OCC(=O)[O-])cc2)cc1. The number of carboxylic acids is 1. The number of hydrogen-bond acceptors (Lipinski definition) is 5. The number of rotatable bonds is 7. The van der Waals surface area contributed by atoms with E-state index >= 15 is 0 Å². The van der Waals surface area contributed by atoms with Gasteiger partial charge in [-0.3, -0.25) is 4.79 Å². The third-order valence-corrected chi connectivity index (χ3v) is 3.58. The van der Waals surface area contributed by atoms with Crippen molar-refractivity contribution in [2.45, 2.75) is 20.3 Å². The van der Waals surface area contributed by atoms with Gasteiger partial charge in [0.05, 0.1) is 11.7 Å². The number of amides is 1. The van der Waals surface area contributed by atoms with Crippen molar-refractivity contribution in [1.29, 1.82) is 0 Å². The molecule has 0 saturated heterocycles. The predicted octanol–water partition coefficient (Wildman–Crippen LogP) is 1.53. The molecule has 0 fully saturated rings. The summed E-state index contributed by atoms with van der Waals surface area (Å²) in [7, 11) is 0. The van der Waals surface area contributed by atoms with E-state index in [9.17, 15) is 14.7 Å². The molecule has 25 heavy (non-hydrogen) atoms. The summed E-state index contributed by atoms with van der Waals surface area (Å²) < 4.78 is 5.01. The molecule has 0 saturated carbocycles. The predicted molar refractivity (Wildman–Crippen MR) is 92.4 cm³/mol. The fourth-order valence-corrected chi connectivity index (χ4v) is 2.09. The number of carbonyl (C=O) groups is 2. The highest BCUT2D eigenvalue weighted by Crippen LogP contribution is 2.12. The van der Waals surface area contributed by atoms with Crippen molar-refractivity contribution in [2.24, 2.45) is 5.10 Å². The Morgan fingerprint density at radius 3 is 2.20 bits per heavy atom. The number of benzene rings is 2. The fraction of sp³-hybridized carbons (Fsp3) is 0.211. The van der Waals surface area contributed by atoms with Crippen molar-refractivity contribution < 1.29 is 19.4 Å². The Morgan fingerprint density at radius 2 is 1.64 bits per heavy atom. The second-order valence-electron chi connectivity index (χ2n) is 5.37. The lowest BCUT2D eigenvalue weighted by atomic mass is 10.1. The van der Waals surface area contributed by atoms with E-state index < -0.39 is 12.6 Å². The van der Waals surface area contributed by atoms with E-state index in [1.807, 2.05) is 12.1 Å². The van der Waals surface area contributed by atoms with Crippen LogP contribution in [0.2, 0.25) is 0 Å². The molecule has 0 heterocycles. The average Bonchev–Trinajstić information content (AvgIpc) is 2.64. The summed E-state index contributed by atoms with van der Waals surface area (Å²) in [6.45, 7) is 3.31. The molecule has 0 bridgehead atoms. The first-order chi connectivity index (χ1) is 12.0. The summed E-state index contributed by atoms with van der Waals surface area (Å²) in [6.07, 6.45) is 0.918. The fourth-order valence-electron chi connectivity index (χ4n) is 2.09. The Bertz CT molecular complexity index is 765. The van der Waals surface area contributed by atoms with E-state index in [2.05, 4.69) is 17.5 Å². The molecule has 0 atom stereocenters. The first-order valence-corrected chi connectivity index (χ1v) is 7.86. The first-order valence-electron chi connectivity index (χ1n) is 7.86. The summed E-state index contributed by atoms with van der Waals surface area (Å²) in [5.74, 6) is -1.15. The number of nitrogens with zero attached hydrogens (tertiary/aromatic N) is 1. The van der Waals surface area contributed by atoms with Crippen LogP contribution in [-0.4, -0.2) is 24.2 Å². The lowest BCUT2D eigenvalue weighted by molar-refractivity contribution is -0.307. The van der Waals surface area contributed by atoms with Crippen LogP contribution >= 0.6 is 0 Å². The van der Waals surface area contributed by atoms with E-state index in [0.29, 0.717) is 17.0 Å². The third kappa shape index (κ3) is 5.46. The van der Waals surface area contributed by atoms with E-state index in [-0.39, 0.29) is 5.91 Å². The smallest absolute Gasteiger partial charge is 0.271 e. The molecule has 2 rings (SSSR count). The Labute approximate surface area is 146 Å². The molecule has 130 valence electrons. The van der Waals surface area contributed by atoms with E-state index in [1.165, 1.54) is 0 Å². The van der Waals surface area contributed by atoms with Gasteiger partial charge < -0.3 is 14.6 Å². The lowest BCUT2D eigenvalue weighted by Crippen LogP contribution is -2.28. The van der Waals surface area contributed by atoms with Crippen LogP contribution in [0.15, 0.2) is 53.6 Å². The highest BCUT2D eigenvalue weighted by atomic mass is 16.5. The van der Waals surface area contributed by atoms with Crippen molar-refractivity contribution in [1.82, 2.24) is 5.43 Å². The molecule has 1 N–H and O–H groups in total. The zero-order valence-corrected chi connectivity index (χ0v) is 14.1. The third-order valence-electron chi connectivity index (χ3n) is 3.58. The molecule has 0 aliphatic rings. The van der Waals surface area contributed by atoms with Crippen molar-refractivity contribution in [3.63, 3.8) is 0 Å². The number of carboxylic acid groups (broad SMARTS) is 1. The maximum Gasteiger partial charge on any atom is 0.271 e. The molecule has 6 nitrogen and oxygen atoms in total. The summed E-state index contributed by atoms with van der Waals surface area (Å²) in [5.41, 5.74) is 5.62. The molecule has 0 spiro atoms. The summed E-state index contributed by atoms with van der Waals surface area (Å²) >= 11 is 0. The molecule has 2 aromatic rings.